The van der Waals surface area contributed by atoms with Crippen LogP contribution in [0, 0.1) is 11.3 Å². The van der Waals surface area contributed by atoms with Gasteiger partial charge in [-0.1, -0.05) is 44.2 Å². The molecule has 3 heteroatoms. The van der Waals surface area contributed by atoms with E-state index in [0.29, 0.717) is 5.69 Å². The van der Waals surface area contributed by atoms with E-state index in [0.717, 1.165) is 18.7 Å². The van der Waals surface area contributed by atoms with Crippen molar-refractivity contribution in [2.45, 2.75) is 25.8 Å². The second kappa shape index (κ2) is 5.94. The molecular weight excluding hydrogens is 246 g/mol. The molecular formula is C17H21N3. The number of rotatable bonds is 5. The summed E-state index contributed by atoms with van der Waals surface area (Å²) < 4.78 is 1.86. The molecule has 0 aliphatic carbocycles. The maximum Gasteiger partial charge on any atom is 0.120 e. The second-order valence-electron chi connectivity index (χ2n) is 5.81. The van der Waals surface area contributed by atoms with Crippen LogP contribution < -0.4 is 5.32 Å². The van der Waals surface area contributed by atoms with Crippen molar-refractivity contribution in [2.24, 2.45) is 7.05 Å². The molecule has 20 heavy (non-hydrogen) atoms. The van der Waals surface area contributed by atoms with Crippen LogP contribution in [0.15, 0.2) is 42.6 Å². The lowest BCUT2D eigenvalue weighted by Gasteiger charge is -2.25. The van der Waals surface area contributed by atoms with E-state index in [-0.39, 0.29) is 5.41 Å². The SMILES string of the molecule is Cn1cc(CNCC(C)(C)c2ccccc2)cc1C#N. The molecule has 0 amide bonds. The van der Waals surface area contributed by atoms with Crippen LogP contribution in [0.2, 0.25) is 0 Å². The van der Waals surface area contributed by atoms with Gasteiger partial charge in [-0.25, -0.2) is 0 Å². The van der Waals surface area contributed by atoms with Crippen molar-refractivity contribution in [1.29, 1.82) is 5.26 Å². The van der Waals surface area contributed by atoms with Gasteiger partial charge in [0, 0.05) is 31.7 Å². The average molecular weight is 267 g/mol. The number of nitrogens with one attached hydrogen (secondary N) is 1. The third kappa shape index (κ3) is 3.28. The zero-order valence-corrected chi connectivity index (χ0v) is 12.4. The highest BCUT2D eigenvalue weighted by atomic mass is 14.9. The third-order valence-electron chi connectivity index (χ3n) is 3.63. The summed E-state index contributed by atoms with van der Waals surface area (Å²) >= 11 is 0. The first-order valence-corrected chi connectivity index (χ1v) is 6.84. The van der Waals surface area contributed by atoms with Crippen molar-refractivity contribution in [3.8, 4) is 6.07 Å². The molecule has 0 saturated carbocycles. The van der Waals surface area contributed by atoms with E-state index in [9.17, 15) is 0 Å². The van der Waals surface area contributed by atoms with Crippen molar-refractivity contribution >= 4 is 0 Å². The van der Waals surface area contributed by atoms with Gasteiger partial charge in [-0.3, -0.25) is 0 Å². The van der Waals surface area contributed by atoms with E-state index in [1.807, 2.05) is 29.9 Å². The Kier molecular flexibility index (Phi) is 4.26. The largest absolute Gasteiger partial charge is 0.342 e. The molecule has 0 radical (unpaired) electrons. The van der Waals surface area contributed by atoms with Crippen LogP contribution >= 0.6 is 0 Å². The lowest BCUT2D eigenvalue weighted by molar-refractivity contribution is 0.469. The highest BCUT2D eigenvalue weighted by molar-refractivity contribution is 5.28. The molecule has 0 fully saturated rings. The first-order chi connectivity index (χ1) is 9.53. The quantitative estimate of drug-likeness (QED) is 0.904. The van der Waals surface area contributed by atoms with Gasteiger partial charge in [0.05, 0.1) is 0 Å². The number of nitrogens with zero attached hydrogens (tertiary/aromatic N) is 2. The van der Waals surface area contributed by atoms with E-state index in [1.165, 1.54) is 5.56 Å². The molecule has 1 N–H and O–H groups in total. The van der Waals surface area contributed by atoms with Gasteiger partial charge >= 0.3 is 0 Å². The third-order valence-corrected chi connectivity index (χ3v) is 3.63. The Bertz CT molecular complexity index is 603. The predicted molar refractivity (Wildman–Crippen MR) is 81.3 cm³/mol. The molecule has 1 aromatic heterocycles. The van der Waals surface area contributed by atoms with Gasteiger partial charge in [0.2, 0.25) is 0 Å². The number of aryl methyl sites for hydroxylation is 1. The summed E-state index contributed by atoms with van der Waals surface area (Å²) in [6, 6.07) is 14.6. The van der Waals surface area contributed by atoms with Crippen LogP contribution in [0.1, 0.15) is 30.7 Å². The zero-order valence-electron chi connectivity index (χ0n) is 12.4. The van der Waals surface area contributed by atoms with Gasteiger partial charge in [-0.2, -0.15) is 5.26 Å². The van der Waals surface area contributed by atoms with Gasteiger partial charge in [0.15, 0.2) is 0 Å². The van der Waals surface area contributed by atoms with Gasteiger partial charge < -0.3 is 9.88 Å². The molecule has 1 aromatic carbocycles. The fourth-order valence-corrected chi connectivity index (χ4v) is 2.35. The molecule has 3 nitrogen and oxygen atoms in total. The molecule has 0 spiro atoms. The van der Waals surface area contributed by atoms with Crippen molar-refractivity contribution in [2.75, 3.05) is 6.54 Å². The van der Waals surface area contributed by atoms with Crippen molar-refractivity contribution in [3.63, 3.8) is 0 Å². The number of benzene rings is 1. The summed E-state index contributed by atoms with van der Waals surface area (Å²) in [5.41, 5.74) is 3.27. The Balaban J connectivity index is 1.94. The summed E-state index contributed by atoms with van der Waals surface area (Å²) in [5.74, 6) is 0. The molecule has 0 saturated heterocycles. The van der Waals surface area contributed by atoms with Gasteiger partial charge in [-0.05, 0) is 17.2 Å². The van der Waals surface area contributed by atoms with Crippen LogP contribution in [-0.2, 0) is 19.0 Å². The molecule has 0 atom stereocenters. The van der Waals surface area contributed by atoms with E-state index < -0.39 is 0 Å². The molecule has 1 heterocycles. The zero-order chi connectivity index (χ0) is 14.6. The van der Waals surface area contributed by atoms with E-state index in [4.69, 9.17) is 5.26 Å². The summed E-state index contributed by atoms with van der Waals surface area (Å²) in [7, 11) is 1.90. The maximum absolute atomic E-state index is 8.94. The summed E-state index contributed by atoms with van der Waals surface area (Å²) in [4.78, 5) is 0. The number of aromatic nitrogens is 1. The normalized spacial score (nSPS) is 11.3. The fraction of sp³-hybridized carbons (Fsp3) is 0.353. The molecule has 0 unspecified atom stereocenters. The van der Waals surface area contributed by atoms with Crippen molar-refractivity contribution < 1.29 is 0 Å². The molecule has 2 rings (SSSR count). The lowest BCUT2D eigenvalue weighted by Crippen LogP contribution is -2.32. The number of nitriles is 1. The van der Waals surface area contributed by atoms with Crippen molar-refractivity contribution in [1.82, 2.24) is 9.88 Å². The van der Waals surface area contributed by atoms with Crippen LogP contribution in [-0.4, -0.2) is 11.1 Å². The fourth-order valence-electron chi connectivity index (χ4n) is 2.35. The first-order valence-electron chi connectivity index (χ1n) is 6.84. The topological polar surface area (TPSA) is 40.8 Å². The smallest absolute Gasteiger partial charge is 0.120 e. The Morgan fingerprint density at radius 3 is 2.55 bits per heavy atom. The van der Waals surface area contributed by atoms with Crippen LogP contribution in [0.5, 0.6) is 0 Å². The van der Waals surface area contributed by atoms with Crippen LogP contribution in [0.3, 0.4) is 0 Å². The Morgan fingerprint density at radius 2 is 1.95 bits per heavy atom. The Labute approximate surface area is 120 Å². The van der Waals surface area contributed by atoms with E-state index in [1.54, 1.807) is 0 Å². The monoisotopic (exact) mass is 267 g/mol. The molecule has 0 aliphatic heterocycles. The standard InChI is InChI=1S/C17H21N3/c1-17(2,15-7-5-4-6-8-15)13-19-11-14-9-16(10-18)20(3)12-14/h4-9,12,19H,11,13H2,1-3H3. The maximum atomic E-state index is 8.94. The number of hydrogen-bond donors (Lipinski definition) is 1. The summed E-state index contributed by atoms with van der Waals surface area (Å²) in [6.45, 7) is 6.15. The van der Waals surface area contributed by atoms with Crippen molar-refractivity contribution in [3.05, 3.63) is 59.4 Å². The Hall–Kier alpha value is -2.05. The minimum absolute atomic E-state index is 0.0914. The van der Waals surface area contributed by atoms with Crippen LogP contribution in [0.25, 0.3) is 0 Å². The number of hydrogen-bond acceptors (Lipinski definition) is 2. The molecule has 0 aliphatic rings. The van der Waals surface area contributed by atoms with Gasteiger partial charge in [0.1, 0.15) is 11.8 Å². The second-order valence-corrected chi connectivity index (χ2v) is 5.81. The van der Waals surface area contributed by atoms with E-state index in [2.05, 4.69) is 49.5 Å². The Morgan fingerprint density at radius 1 is 1.25 bits per heavy atom. The average Bonchev–Trinajstić information content (AvgIpc) is 2.80. The summed E-state index contributed by atoms with van der Waals surface area (Å²) in [5, 5.41) is 12.4. The van der Waals surface area contributed by atoms with Crippen LogP contribution in [0.4, 0.5) is 0 Å². The first kappa shape index (κ1) is 14.4. The minimum atomic E-state index is 0.0914. The lowest BCUT2D eigenvalue weighted by atomic mass is 9.84. The molecule has 104 valence electrons. The highest BCUT2D eigenvalue weighted by Crippen LogP contribution is 2.21. The highest BCUT2D eigenvalue weighted by Gasteiger charge is 2.19. The van der Waals surface area contributed by atoms with Gasteiger partial charge in [0.25, 0.3) is 0 Å². The molecule has 0 bridgehead atoms. The summed E-state index contributed by atoms with van der Waals surface area (Å²) in [6.07, 6.45) is 2.00. The molecule has 2 aromatic rings. The predicted octanol–water partition coefficient (Wildman–Crippen LogP) is 2.96. The van der Waals surface area contributed by atoms with E-state index >= 15 is 0 Å². The van der Waals surface area contributed by atoms with Gasteiger partial charge in [-0.15, -0.1) is 0 Å². The minimum Gasteiger partial charge on any atom is -0.342 e.